The minimum Gasteiger partial charge on any atom is -0.424 e. The fourth-order valence-electron chi connectivity index (χ4n) is 2.10. The van der Waals surface area contributed by atoms with Crippen molar-refractivity contribution in [3.05, 3.63) is 32.6 Å². The number of nitrogens with zero attached hydrogens (tertiary/aromatic N) is 4. The number of fused-ring (bicyclic) bond motifs is 1. The maximum absolute atomic E-state index is 12.5. The largest absolute Gasteiger partial charge is 0.424 e. The molecule has 0 unspecified atom stereocenters. The molecule has 0 saturated carbocycles. The van der Waals surface area contributed by atoms with Crippen LogP contribution in [0.3, 0.4) is 0 Å². The van der Waals surface area contributed by atoms with Gasteiger partial charge in [-0.15, -0.1) is 21.5 Å². The number of aryl methyl sites for hydroxylation is 3. The van der Waals surface area contributed by atoms with Gasteiger partial charge in [-0.25, -0.2) is 4.98 Å². The third-order valence-electron chi connectivity index (χ3n) is 3.51. The summed E-state index contributed by atoms with van der Waals surface area (Å²) in [6.07, 6.45) is 0.716. The van der Waals surface area contributed by atoms with Gasteiger partial charge < -0.3 is 4.42 Å². The van der Waals surface area contributed by atoms with E-state index in [-0.39, 0.29) is 5.56 Å². The predicted octanol–water partition coefficient (Wildman–Crippen LogP) is 2.85. The van der Waals surface area contributed by atoms with E-state index in [1.165, 1.54) is 11.8 Å². The molecule has 0 fully saturated rings. The summed E-state index contributed by atoms with van der Waals surface area (Å²) >= 11 is 2.99. The zero-order valence-corrected chi connectivity index (χ0v) is 14.5. The number of aromatic nitrogens is 4. The Morgan fingerprint density at radius 2 is 2.00 bits per heavy atom. The molecule has 3 aromatic rings. The lowest BCUT2D eigenvalue weighted by molar-refractivity contribution is 0.469. The van der Waals surface area contributed by atoms with Crippen molar-refractivity contribution in [2.45, 2.75) is 38.1 Å². The first-order valence-electron chi connectivity index (χ1n) is 6.92. The molecule has 0 aromatic carbocycles. The number of thiophene rings is 1. The standard InChI is InChI=1S/C14H16N4O2S2/c1-5-9-16-17-10(20-9)6-21-14-15-12-11(13(19)18(14)4)7(2)8(3)22-12/h5-6H2,1-4H3. The summed E-state index contributed by atoms with van der Waals surface area (Å²) < 4.78 is 7.07. The van der Waals surface area contributed by atoms with Gasteiger partial charge in [0.1, 0.15) is 4.83 Å². The van der Waals surface area contributed by atoms with Crippen molar-refractivity contribution in [2.75, 3.05) is 0 Å². The third kappa shape index (κ3) is 2.56. The zero-order valence-electron chi connectivity index (χ0n) is 12.8. The maximum Gasteiger partial charge on any atom is 0.262 e. The lowest BCUT2D eigenvalue weighted by Crippen LogP contribution is -2.19. The average molecular weight is 336 g/mol. The molecular weight excluding hydrogens is 320 g/mol. The monoisotopic (exact) mass is 336 g/mol. The zero-order chi connectivity index (χ0) is 15.9. The summed E-state index contributed by atoms with van der Waals surface area (Å²) in [5.41, 5.74) is 1.02. The predicted molar refractivity (Wildman–Crippen MR) is 87.6 cm³/mol. The van der Waals surface area contributed by atoms with E-state index in [1.54, 1.807) is 23.0 Å². The molecule has 0 radical (unpaired) electrons. The van der Waals surface area contributed by atoms with Crippen LogP contribution < -0.4 is 5.56 Å². The van der Waals surface area contributed by atoms with E-state index < -0.39 is 0 Å². The van der Waals surface area contributed by atoms with Gasteiger partial charge in [-0.2, -0.15) is 0 Å². The average Bonchev–Trinajstić information content (AvgIpc) is 3.07. The molecule has 0 N–H and O–H groups in total. The summed E-state index contributed by atoms with van der Waals surface area (Å²) in [6.45, 7) is 5.94. The fraction of sp³-hybridized carbons (Fsp3) is 0.429. The second kappa shape index (κ2) is 5.85. The van der Waals surface area contributed by atoms with Gasteiger partial charge in [-0.3, -0.25) is 9.36 Å². The summed E-state index contributed by atoms with van der Waals surface area (Å²) in [6, 6.07) is 0. The summed E-state index contributed by atoms with van der Waals surface area (Å²) in [4.78, 5) is 19.0. The highest BCUT2D eigenvalue weighted by molar-refractivity contribution is 7.98. The van der Waals surface area contributed by atoms with E-state index in [0.717, 1.165) is 20.7 Å². The molecule has 0 aliphatic carbocycles. The van der Waals surface area contributed by atoms with Crippen LogP contribution in [0.25, 0.3) is 10.2 Å². The van der Waals surface area contributed by atoms with Crippen molar-refractivity contribution >= 4 is 33.3 Å². The molecule has 3 rings (SSSR count). The molecule has 8 heteroatoms. The summed E-state index contributed by atoms with van der Waals surface area (Å²) in [5, 5.41) is 9.30. The highest BCUT2D eigenvalue weighted by atomic mass is 32.2. The molecule has 0 amide bonds. The lowest BCUT2D eigenvalue weighted by atomic mass is 10.2. The number of hydrogen-bond donors (Lipinski definition) is 0. The van der Waals surface area contributed by atoms with E-state index in [2.05, 4.69) is 15.2 Å². The highest BCUT2D eigenvalue weighted by Crippen LogP contribution is 2.28. The lowest BCUT2D eigenvalue weighted by Gasteiger charge is -2.05. The number of hydrogen-bond acceptors (Lipinski definition) is 7. The van der Waals surface area contributed by atoms with Crippen molar-refractivity contribution in [1.29, 1.82) is 0 Å². The molecule has 0 atom stereocenters. The maximum atomic E-state index is 12.5. The molecule has 3 aromatic heterocycles. The third-order valence-corrected chi connectivity index (χ3v) is 5.62. The van der Waals surface area contributed by atoms with Crippen LogP contribution >= 0.6 is 23.1 Å². The SMILES string of the molecule is CCc1nnc(CSc2nc3sc(C)c(C)c3c(=O)n2C)o1. The van der Waals surface area contributed by atoms with Crippen LogP contribution in [0.15, 0.2) is 14.4 Å². The van der Waals surface area contributed by atoms with Crippen LogP contribution in [0.2, 0.25) is 0 Å². The van der Waals surface area contributed by atoms with Crippen molar-refractivity contribution in [1.82, 2.24) is 19.7 Å². The Kier molecular flexibility index (Phi) is 4.05. The smallest absolute Gasteiger partial charge is 0.262 e. The first-order valence-corrected chi connectivity index (χ1v) is 8.72. The molecule has 0 bridgehead atoms. The molecule has 22 heavy (non-hydrogen) atoms. The topological polar surface area (TPSA) is 73.8 Å². The van der Waals surface area contributed by atoms with Crippen LogP contribution in [0.4, 0.5) is 0 Å². The Hall–Kier alpha value is -1.67. The Labute approximate surface area is 135 Å². The van der Waals surface area contributed by atoms with Crippen molar-refractivity contribution in [3.8, 4) is 0 Å². The van der Waals surface area contributed by atoms with Gasteiger partial charge in [0.25, 0.3) is 5.56 Å². The first kappa shape index (κ1) is 15.2. The van der Waals surface area contributed by atoms with Crippen LogP contribution in [0.1, 0.15) is 29.1 Å². The van der Waals surface area contributed by atoms with Crippen molar-refractivity contribution in [2.24, 2.45) is 7.05 Å². The molecule has 0 saturated heterocycles. The minimum atomic E-state index is -0.00544. The number of rotatable bonds is 4. The second-order valence-corrected chi connectivity index (χ2v) is 7.10. The van der Waals surface area contributed by atoms with Crippen molar-refractivity contribution in [3.63, 3.8) is 0 Å². The normalized spacial score (nSPS) is 11.5. The minimum absolute atomic E-state index is 0.00544. The van der Waals surface area contributed by atoms with E-state index in [4.69, 9.17) is 4.42 Å². The Balaban J connectivity index is 1.94. The second-order valence-electron chi connectivity index (χ2n) is 4.95. The van der Waals surface area contributed by atoms with Gasteiger partial charge in [-0.05, 0) is 19.4 Å². The Morgan fingerprint density at radius 1 is 1.27 bits per heavy atom. The van der Waals surface area contributed by atoms with Crippen molar-refractivity contribution < 1.29 is 4.42 Å². The van der Waals surface area contributed by atoms with Gasteiger partial charge in [0.2, 0.25) is 11.8 Å². The van der Waals surface area contributed by atoms with Crippen LogP contribution in [0, 0.1) is 13.8 Å². The highest BCUT2D eigenvalue weighted by Gasteiger charge is 2.15. The first-order chi connectivity index (χ1) is 10.5. The van der Waals surface area contributed by atoms with Crippen LogP contribution in [0.5, 0.6) is 0 Å². The van der Waals surface area contributed by atoms with Crippen LogP contribution in [-0.4, -0.2) is 19.7 Å². The molecule has 0 aliphatic heterocycles. The van der Waals surface area contributed by atoms with E-state index in [1.807, 2.05) is 20.8 Å². The molecule has 3 heterocycles. The molecule has 0 spiro atoms. The van der Waals surface area contributed by atoms with Gasteiger partial charge >= 0.3 is 0 Å². The molecule has 116 valence electrons. The van der Waals surface area contributed by atoms with Gasteiger partial charge in [0.05, 0.1) is 11.1 Å². The van der Waals surface area contributed by atoms with Gasteiger partial charge in [0, 0.05) is 18.3 Å². The fourth-order valence-corrected chi connectivity index (χ4v) is 3.98. The van der Waals surface area contributed by atoms with E-state index >= 15 is 0 Å². The Bertz CT molecular complexity index is 894. The summed E-state index contributed by atoms with van der Waals surface area (Å²) in [7, 11) is 1.74. The summed E-state index contributed by atoms with van der Waals surface area (Å²) in [5.74, 6) is 1.68. The molecular formula is C14H16N4O2S2. The Morgan fingerprint density at radius 3 is 2.68 bits per heavy atom. The van der Waals surface area contributed by atoms with Gasteiger partial charge in [0.15, 0.2) is 5.16 Å². The van der Waals surface area contributed by atoms with E-state index in [0.29, 0.717) is 29.1 Å². The van der Waals surface area contributed by atoms with Gasteiger partial charge in [-0.1, -0.05) is 18.7 Å². The van der Waals surface area contributed by atoms with E-state index in [9.17, 15) is 4.79 Å². The quantitative estimate of drug-likeness (QED) is 0.539. The van der Waals surface area contributed by atoms with Crippen LogP contribution in [-0.2, 0) is 19.2 Å². The number of thioether (sulfide) groups is 1. The molecule has 0 aliphatic rings. The molecule has 6 nitrogen and oxygen atoms in total.